The van der Waals surface area contributed by atoms with E-state index in [1.807, 2.05) is 19.6 Å². The van der Waals surface area contributed by atoms with Crippen molar-refractivity contribution in [2.45, 2.75) is 130 Å². The number of rotatable bonds is 2. The van der Waals surface area contributed by atoms with E-state index in [1.165, 1.54) is 10.1 Å². The Morgan fingerprint density at radius 2 is 0.714 bits per heavy atom. The average Bonchev–Trinajstić information content (AvgIpc) is 3.37. The van der Waals surface area contributed by atoms with Gasteiger partial charge in [-0.25, -0.2) is 9.59 Å². The van der Waals surface area contributed by atoms with Gasteiger partial charge in [-0.2, -0.15) is 10.1 Å². The van der Waals surface area contributed by atoms with Crippen LogP contribution in [0.3, 0.4) is 0 Å². The summed E-state index contributed by atoms with van der Waals surface area (Å²) in [5.74, 6) is 0.374. The topological polar surface area (TPSA) is 101 Å². The third-order valence-corrected chi connectivity index (χ3v) is 13.4. The lowest BCUT2D eigenvalue weighted by Crippen LogP contribution is -2.74. The van der Waals surface area contributed by atoms with Gasteiger partial charge in [0.05, 0.1) is 26.7 Å². The van der Waals surface area contributed by atoms with Crippen molar-refractivity contribution in [3.63, 3.8) is 0 Å². The number of carbonyl (C=O) groups is 2. The first-order valence-electron chi connectivity index (χ1n) is 15.8. The van der Waals surface area contributed by atoms with Crippen LogP contribution in [-0.4, -0.2) is 135 Å². The maximum atomic E-state index is 14.2. The van der Waals surface area contributed by atoms with Gasteiger partial charge < -0.3 is 10.4 Å². The molecule has 0 aromatic carbocycles. The van der Waals surface area contributed by atoms with Crippen LogP contribution in [0.25, 0.3) is 0 Å². The van der Waals surface area contributed by atoms with Crippen molar-refractivity contribution in [3.8, 4) is 0 Å². The van der Waals surface area contributed by atoms with Crippen LogP contribution in [0.2, 0.25) is 0 Å². The van der Waals surface area contributed by atoms with Gasteiger partial charge in [-0.05, 0) is 79.1 Å². The molecule has 6 aliphatic rings. The molecule has 0 spiro atoms. The van der Waals surface area contributed by atoms with Crippen LogP contribution in [0, 0.1) is 23.7 Å². The van der Waals surface area contributed by atoms with Gasteiger partial charge in [0.1, 0.15) is 0 Å². The van der Waals surface area contributed by atoms with E-state index in [0.717, 1.165) is 0 Å². The fraction of sp³-hybridized carbons (Fsp3) is 0.933. The Hall–Kier alpha value is -1.70. The molecule has 6 fully saturated rings. The van der Waals surface area contributed by atoms with Crippen molar-refractivity contribution in [2.24, 2.45) is 23.7 Å². The average molecular weight is 591 g/mol. The Morgan fingerprint density at radius 3 is 0.929 bits per heavy atom. The first-order chi connectivity index (χ1) is 19.2. The number of urea groups is 2. The molecule has 0 bridgehead atoms. The van der Waals surface area contributed by atoms with Crippen LogP contribution in [-0.2, 0) is 0 Å². The van der Waals surface area contributed by atoms with E-state index in [9.17, 15) is 20.0 Å². The molecule has 238 valence electrons. The molecule has 0 aromatic rings. The molecule has 6 saturated heterocycles. The minimum absolute atomic E-state index is 0.0289. The first kappa shape index (κ1) is 30.3. The predicted octanol–water partition coefficient (Wildman–Crippen LogP) is 3.38. The van der Waals surface area contributed by atoms with Gasteiger partial charge in [-0.3, -0.25) is 29.4 Å². The van der Waals surface area contributed by atoms with Crippen LogP contribution >= 0.6 is 0 Å². The Balaban J connectivity index is 1.30. The molecule has 0 saturated carbocycles. The molecule has 4 unspecified atom stereocenters. The molecule has 6 aliphatic heterocycles. The summed E-state index contributed by atoms with van der Waals surface area (Å²) in [6.45, 7) is 27.1. The Morgan fingerprint density at radius 1 is 0.500 bits per heavy atom. The Labute approximate surface area is 251 Å². The normalized spacial score (nSPS) is 40.8. The third kappa shape index (κ3) is 3.56. The van der Waals surface area contributed by atoms with E-state index in [-0.39, 0.29) is 60.1 Å². The van der Waals surface area contributed by atoms with E-state index in [1.54, 1.807) is 0 Å². The highest BCUT2D eigenvalue weighted by Gasteiger charge is 2.66. The standard InChI is InChI=1S/C30H54N8O4/c1-17-21(18(2)28(7,8)37(41)27(17,5)6)31-13-33-23-24-35(25(33)39)15-32(16-36(24)26(40)34(23)14-31)22-19(3)29(9,10)38(42)30(11,12)20(22)4/h17-24,41-42H,13-16H2,1-12H3. The minimum Gasteiger partial charge on any atom is -0.313 e. The molecule has 4 amide bonds. The van der Waals surface area contributed by atoms with Crippen molar-refractivity contribution < 1.29 is 20.0 Å². The molecule has 6 heterocycles. The SMILES string of the molecule is CC1C(N2CN3C(=O)N4CN(C5C(C)C(C)(C)N(O)C(C)(C)C5C)CN5C(=O)N(C2)C3C45)C(C)C(C)(C)N(O)C1(C)C. The van der Waals surface area contributed by atoms with E-state index >= 15 is 0 Å². The van der Waals surface area contributed by atoms with Crippen LogP contribution < -0.4 is 0 Å². The van der Waals surface area contributed by atoms with Crippen molar-refractivity contribution in [3.05, 3.63) is 0 Å². The third-order valence-electron chi connectivity index (χ3n) is 13.4. The second kappa shape index (κ2) is 8.94. The smallest absolute Gasteiger partial charge is 0.313 e. The summed E-state index contributed by atoms with van der Waals surface area (Å²) < 4.78 is 0. The molecule has 6 rings (SSSR count). The van der Waals surface area contributed by atoms with E-state index in [2.05, 4.69) is 92.9 Å². The van der Waals surface area contributed by atoms with Crippen molar-refractivity contribution in [2.75, 3.05) is 26.7 Å². The summed E-state index contributed by atoms with van der Waals surface area (Å²) in [7, 11) is 0. The molecule has 0 aliphatic carbocycles. The van der Waals surface area contributed by atoms with Gasteiger partial charge in [-0.1, -0.05) is 27.7 Å². The number of piperidine rings is 2. The highest BCUT2D eigenvalue weighted by molar-refractivity contribution is 5.86. The summed E-state index contributed by atoms with van der Waals surface area (Å²) in [6, 6.07) is 0.0732. The quantitative estimate of drug-likeness (QED) is 0.505. The molecular formula is C30H54N8O4. The van der Waals surface area contributed by atoms with Gasteiger partial charge >= 0.3 is 12.1 Å². The largest absolute Gasteiger partial charge is 0.325 e. The second-order valence-corrected chi connectivity index (χ2v) is 16.4. The van der Waals surface area contributed by atoms with E-state index in [4.69, 9.17) is 0 Å². The van der Waals surface area contributed by atoms with Gasteiger partial charge in [0, 0.05) is 34.2 Å². The maximum absolute atomic E-state index is 14.2. The lowest BCUT2D eigenvalue weighted by molar-refractivity contribution is -0.291. The summed E-state index contributed by atoms with van der Waals surface area (Å²) in [6.07, 6.45) is -0.593. The highest BCUT2D eigenvalue weighted by Crippen LogP contribution is 2.50. The summed E-state index contributed by atoms with van der Waals surface area (Å²) in [4.78, 5) is 40.6. The molecule has 0 aromatic heterocycles. The van der Waals surface area contributed by atoms with Gasteiger partial charge in [0.2, 0.25) is 0 Å². The molecule has 12 nitrogen and oxygen atoms in total. The molecule has 4 atom stereocenters. The fourth-order valence-corrected chi connectivity index (χ4v) is 9.65. The van der Waals surface area contributed by atoms with E-state index in [0.29, 0.717) is 26.7 Å². The summed E-state index contributed by atoms with van der Waals surface area (Å²) in [5, 5.41) is 25.4. The maximum Gasteiger partial charge on any atom is 0.325 e. The summed E-state index contributed by atoms with van der Waals surface area (Å²) >= 11 is 0. The van der Waals surface area contributed by atoms with Crippen molar-refractivity contribution in [1.82, 2.24) is 39.5 Å². The lowest BCUT2D eigenvalue weighted by atomic mass is 9.65. The Kier molecular flexibility index (Phi) is 6.46. The molecular weight excluding hydrogens is 536 g/mol. The monoisotopic (exact) mass is 590 g/mol. The van der Waals surface area contributed by atoms with Gasteiger partial charge in [-0.15, -0.1) is 0 Å². The minimum atomic E-state index is -0.479. The van der Waals surface area contributed by atoms with Crippen LogP contribution in [0.15, 0.2) is 0 Å². The van der Waals surface area contributed by atoms with Crippen molar-refractivity contribution in [1.29, 1.82) is 0 Å². The summed E-state index contributed by atoms with van der Waals surface area (Å²) in [5.41, 5.74) is -1.92. The lowest BCUT2D eigenvalue weighted by Gasteiger charge is -2.62. The van der Waals surface area contributed by atoms with Gasteiger partial charge in [0.15, 0.2) is 12.3 Å². The van der Waals surface area contributed by atoms with Crippen LogP contribution in [0.4, 0.5) is 9.59 Å². The number of nitrogens with zero attached hydrogens (tertiary/aromatic N) is 8. The molecule has 12 heteroatoms. The molecule has 0 radical (unpaired) electrons. The number of amides is 4. The zero-order valence-electron chi connectivity index (χ0n) is 27.7. The zero-order chi connectivity index (χ0) is 31.2. The molecule has 42 heavy (non-hydrogen) atoms. The predicted molar refractivity (Wildman–Crippen MR) is 157 cm³/mol. The second-order valence-electron chi connectivity index (χ2n) is 16.4. The van der Waals surface area contributed by atoms with Crippen LogP contribution in [0.1, 0.15) is 83.1 Å². The Bertz CT molecular complexity index is 996. The van der Waals surface area contributed by atoms with E-state index < -0.39 is 22.2 Å². The first-order valence-corrected chi connectivity index (χ1v) is 15.8. The van der Waals surface area contributed by atoms with Crippen LogP contribution in [0.5, 0.6) is 0 Å². The molecule has 2 N–H and O–H groups in total. The number of hydrogen-bond donors (Lipinski definition) is 2. The number of carbonyl (C=O) groups excluding carboxylic acids is 2. The number of hydrogen-bond acceptors (Lipinski definition) is 8. The zero-order valence-corrected chi connectivity index (χ0v) is 27.7. The van der Waals surface area contributed by atoms with Crippen molar-refractivity contribution >= 4 is 12.1 Å². The fourth-order valence-electron chi connectivity index (χ4n) is 9.65. The number of hydroxylamine groups is 4. The highest BCUT2D eigenvalue weighted by atomic mass is 16.5. The van der Waals surface area contributed by atoms with Gasteiger partial charge in [0.25, 0.3) is 0 Å².